The molecule has 100 valence electrons. The van der Waals surface area contributed by atoms with Gasteiger partial charge in [0.25, 0.3) is 0 Å². The van der Waals surface area contributed by atoms with Crippen molar-refractivity contribution in [3.63, 3.8) is 0 Å². The van der Waals surface area contributed by atoms with Crippen LogP contribution in [0.5, 0.6) is 0 Å². The first-order chi connectivity index (χ1) is 9.13. The van der Waals surface area contributed by atoms with Crippen molar-refractivity contribution in [2.75, 3.05) is 0 Å². The first-order valence-electron chi connectivity index (χ1n) is 6.43. The molecular formula is C15H15ClFNS. The third-order valence-electron chi connectivity index (χ3n) is 3.65. The Morgan fingerprint density at radius 2 is 2.26 bits per heavy atom. The van der Waals surface area contributed by atoms with Crippen molar-refractivity contribution < 1.29 is 4.39 Å². The fourth-order valence-corrected chi connectivity index (χ4v) is 4.03. The topological polar surface area (TPSA) is 12.0 Å². The van der Waals surface area contributed by atoms with Crippen molar-refractivity contribution >= 4 is 22.9 Å². The highest BCUT2D eigenvalue weighted by Crippen LogP contribution is 2.40. The van der Waals surface area contributed by atoms with Gasteiger partial charge < -0.3 is 5.32 Å². The molecule has 0 aliphatic heterocycles. The summed E-state index contributed by atoms with van der Waals surface area (Å²) in [6.45, 7) is 2.07. The second kappa shape index (κ2) is 5.23. The van der Waals surface area contributed by atoms with Gasteiger partial charge in [-0.05, 0) is 49.1 Å². The number of fused-ring (bicyclic) bond motifs is 1. The monoisotopic (exact) mass is 295 g/mol. The smallest absolute Gasteiger partial charge is 0.123 e. The van der Waals surface area contributed by atoms with Crippen molar-refractivity contribution in [2.24, 2.45) is 0 Å². The van der Waals surface area contributed by atoms with Gasteiger partial charge in [0.15, 0.2) is 0 Å². The van der Waals surface area contributed by atoms with Crippen LogP contribution >= 0.6 is 22.9 Å². The van der Waals surface area contributed by atoms with Crippen LogP contribution in [0.3, 0.4) is 0 Å². The molecule has 0 saturated heterocycles. The van der Waals surface area contributed by atoms with Crippen LogP contribution in [-0.2, 0) is 6.42 Å². The van der Waals surface area contributed by atoms with Gasteiger partial charge in [0.1, 0.15) is 5.82 Å². The van der Waals surface area contributed by atoms with Gasteiger partial charge in [0.2, 0.25) is 0 Å². The lowest BCUT2D eigenvalue weighted by atomic mass is 10.1. The predicted molar refractivity (Wildman–Crippen MR) is 78.3 cm³/mol. The number of thiophene rings is 1. The minimum atomic E-state index is -0.183. The quantitative estimate of drug-likeness (QED) is 0.851. The molecule has 1 aromatic heterocycles. The molecule has 2 aromatic rings. The molecule has 1 N–H and O–H groups in total. The Morgan fingerprint density at radius 3 is 3.05 bits per heavy atom. The van der Waals surface area contributed by atoms with E-state index in [1.165, 1.54) is 16.5 Å². The standard InChI is InChI=1S/C15H15ClFNS/c1-9(10-3-2-4-11(17)7-10)18-13-5-6-14-12(13)8-15(16)19-14/h2-4,7-9,13,18H,5-6H2,1H3. The van der Waals surface area contributed by atoms with Gasteiger partial charge in [0.05, 0.1) is 4.34 Å². The third-order valence-corrected chi connectivity index (χ3v) is 4.99. The molecule has 1 nitrogen and oxygen atoms in total. The van der Waals surface area contributed by atoms with Crippen LogP contribution in [0.1, 0.15) is 41.4 Å². The highest BCUT2D eigenvalue weighted by Gasteiger charge is 2.26. The largest absolute Gasteiger partial charge is 0.303 e. The SMILES string of the molecule is CC(NC1CCc2sc(Cl)cc21)c1cccc(F)c1. The van der Waals surface area contributed by atoms with Gasteiger partial charge in [-0.3, -0.25) is 0 Å². The summed E-state index contributed by atoms with van der Waals surface area (Å²) in [6.07, 6.45) is 2.18. The van der Waals surface area contributed by atoms with Crippen molar-refractivity contribution in [2.45, 2.75) is 31.8 Å². The van der Waals surface area contributed by atoms with E-state index in [9.17, 15) is 4.39 Å². The summed E-state index contributed by atoms with van der Waals surface area (Å²) in [4.78, 5) is 1.38. The van der Waals surface area contributed by atoms with E-state index < -0.39 is 0 Å². The maximum Gasteiger partial charge on any atom is 0.123 e. The van der Waals surface area contributed by atoms with Crippen molar-refractivity contribution in [1.29, 1.82) is 0 Å². The minimum absolute atomic E-state index is 0.130. The van der Waals surface area contributed by atoms with Gasteiger partial charge in [-0.15, -0.1) is 11.3 Å². The molecule has 2 atom stereocenters. The molecule has 19 heavy (non-hydrogen) atoms. The highest BCUT2D eigenvalue weighted by atomic mass is 35.5. The van der Waals surface area contributed by atoms with E-state index in [4.69, 9.17) is 11.6 Å². The Labute approximate surface area is 121 Å². The number of rotatable bonds is 3. The Bertz CT molecular complexity index is 596. The molecule has 0 bridgehead atoms. The molecule has 0 saturated carbocycles. The summed E-state index contributed by atoms with van der Waals surface area (Å²) in [5.41, 5.74) is 2.30. The Kier molecular flexibility index (Phi) is 3.61. The zero-order valence-corrected chi connectivity index (χ0v) is 12.2. The molecule has 2 unspecified atom stereocenters. The van der Waals surface area contributed by atoms with Crippen molar-refractivity contribution in [1.82, 2.24) is 5.32 Å². The molecular weight excluding hydrogens is 281 g/mol. The Balaban J connectivity index is 1.75. The van der Waals surface area contributed by atoms with Gasteiger partial charge in [-0.25, -0.2) is 4.39 Å². The average molecular weight is 296 g/mol. The van der Waals surface area contributed by atoms with E-state index in [0.29, 0.717) is 6.04 Å². The predicted octanol–water partition coefficient (Wildman–Crippen LogP) is 4.88. The minimum Gasteiger partial charge on any atom is -0.303 e. The van der Waals surface area contributed by atoms with Gasteiger partial charge in [-0.2, -0.15) is 0 Å². The van der Waals surface area contributed by atoms with Crippen molar-refractivity contribution in [3.05, 3.63) is 56.5 Å². The highest BCUT2D eigenvalue weighted by molar-refractivity contribution is 7.16. The van der Waals surface area contributed by atoms with Gasteiger partial charge in [-0.1, -0.05) is 23.7 Å². The lowest BCUT2D eigenvalue weighted by Crippen LogP contribution is -2.22. The molecule has 0 radical (unpaired) electrons. The number of hydrogen-bond acceptors (Lipinski definition) is 2. The number of benzene rings is 1. The normalized spacial score (nSPS) is 19.4. The third kappa shape index (κ3) is 2.69. The van der Waals surface area contributed by atoms with E-state index in [1.54, 1.807) is 23.5 Å². The molecule has 1 aliphatic carbocycles. The maximum atomic E-state index is 13.2. The molecule has 0 amide bonds. The van der Waals surface area contributed by atoms with Crippen LogP contribution in [-0.4, -0.2) is 0 Å². The number of aryl methyl sites for hydroxylation is 1. The summed E-state index contributed by atoms with van der Waals surface area (Å²) in [5, 5.41) is 3.57. The molecule has 0 fully saturated rings. The number of nitrogens with one attached hydrogen (secondary N) is 1. The molecule has 4 heteroatoms. The fraction of sp³-hybridized carbons (Fsp3) is 0.333. The zero-order chi connectivity index (χ0) is 13.4. The Hall–Kier alpha value is -0.900. The zero-order valence-electron chi connectivity index (χ0n) is 10.6. The van der Waals surface area contributed by atoms with Crippen molar-refractivity contribution in [3.8, 4) is 0 Å². The van der Waals surface area contributed by atoms with E-state index >= 15 is 0 Å². The van der Waals surface area contributed by atoms with E-state index in [-0.39, 0.29) is 11.9 Å². The van der Waals surface area contributed by atoms with Crippen LogP contribution in [0.4, 0.5) is 4.39 Å². The lowest BCUT2D eigenvalue weighted by molar-refractivity contribution is 0.463. The maximum absolute atomic E-state index is 13.2. The lowest BCUT2D eigenvalue weighted by Gasteiger charge is -2.20. The van der Waals surface area contributed by atoms with Crippen LogP contribution in [0.15, 0.2) is 30.3 Å². The van der Waals surface area contributed by atoms with Crippen LogP contribution in [0.2, 0.25) is 4.34 Å². The average Bonchev–Trinajstić information content (AvgIpc) is 2.90. The number of hydrogen-bond donors (Lipinski definition) is 1. The summed E-state index contributed by atoms with van der Waals surface area (Å²) in [7, 11) is 0. The Morgan fingerprint density at radius 1 is 1.42 bits per heavy atom. The molecule has 1 heterocycles. The van der Waals surface area contributed by atoms with E-state index in [0.717, 1.165) is 22.7 Å². The second-order valence-corrected chi connectivity index (χ2v) is 6.73. The first kappa shape index (κ1) is 13.1. The summed E-state index contributed by atoms with van der Waals surface area (Å²) in [6, 6.07) is 9.30. The van der Waals surface area contributed by atoms with Crippen LogP contribution < -0.4 is 5.32 Å². The molecule has 3 rings (SSSR count). The summed E-state index contributed by atoms with van der Waals surface area (Å²) in [5.74, 6) is -0.183. The molecule has 1 aromatic carbocycles. The summed E-state index contributed by atoms with van der Waals surface area (Å²) >= 11 is 7.73. The van der Waals surface area contributed by atoms with E-state index in [1.807, 2.05) is 6.07 Å². The van der Waals surface area contributed by atoms with Gasteiger partial charge >= 0.3 is 0 Å². The molecule has 1 aliphatic rings. The summed E-state index contributed by atoms with van der Waals surface area (Å²) < 4.78 is 14.1. The first-order valence-corrected chi connectivity index (χ1v) is 7.62. The molecule has 0 spiro atoms. The van der Waals surface area contributed by atoms with Gasteiger partial charge in [0, 0.05) is 17.0 Å². The van der Waals surface area contributed by atoms with Crippen LogP contribution in [0, 0.1) is 5.82 Å². The fourth-order valence-electron chi connectivity index (χ4n) is 2.68. The second-order valence-electron chi connectivity index (χ2n) is 4.96. The van der Waals surface area contributed by atoms with Crippen LogP contribution in [0.25, 0.3) is 0 Å². The van der Waals surface area contributed by atoms with E-state index in [2.05, 4.69) is 18.3 Å². The number of halogens is 2.